The molecule has 0 radical (unpaired) electrons. The first-order chi connectivity index (χ1) is 9.72. The fraction of sp³-hybridized carbons (Fsp3) is 0.333. The predicted molar refractivity (Wildman–Crippen MR) is 86.3 cm³/mol. The summed E-state index contributed by atoms with van der Waals surface area (Å²) in [4.78, 5) is 0. The Labute approximate surface area is 125 Å². The highest BCUT2D eigenvalue weighted by Gasteiger charge is 2.25. The largest absolute Gasteiger partial charge is 0.364 e. The standard InChI is InChI=1S/C18H20OS/c1-13-3-7-15(8-4-13)17-11-20-12-18(19-17)16-9-5-14(2)6-10-16/h3-10,17-18H,11-12H2,1-2H3/t17-,18+. The van der Waals surface area contributed by atoms with Gasteiger partial charge in [-0.3, -0.25) is 0 Å². The van der Waals surface area contributed by atoms with Gasteiger partial charge in [0.2, 0.25) is 0 Å². The Morgan fingerprint density at radius 3 is 1.55 bits per heavy atom. The molecule has 1 nitrogen and oxygen atoms in total. The topological polar surface area (TPSA) is 9.23 Å². The zero-order valence-corrected chi connectivity index (χ0v) is 12.8. The quantitative estimate of drug-likeness (QED) is 0.779. The van der Waals surface area contributed by atoms with E-state index in [1.807, 2.05) is 11.8 Å². The van der Waals surface area contributed by atoms with E-state index in [9.17, 15) is 0 Å². The molecule has 0 aromatic heterocycles. The number of hydrogen-bond acceptors (Lipinski definition) is 2. The Morgan fingerprint density at radius 2 is 1.15 bits per heavy atom. The van der Waals surface area contributed by atoms with Crippen molar-refractivity contribution in [3.63, 3.8) is 0 Å². The first-order valence-corrected chi connectivity index (χ1v) is 8.24. The van der Waals surface area contributed by atoms with Crippen molar-refractivity contribution >= 4 is 11.8 Å². The van der Waals surface area contributed by atoms with Crippen molar-refractivity contribution in [3.8, 4) is 0 Å². The van der Waals surface area contributed by atoms with E-state index in [-0.39, 0.29) is 12.2 Å². The van der Waals surface area contributed by atoms with E-state index in [2.05, 4.69) is 62.4 Å². The first kappa shape index (κ1) is 13.7. The van der Waals surface area contributed by atoms with Gasteiger partial charge < -0.3 is 4.74 Å². The molecule has 0 aliphatic carbocycles. The van der Waals surface area contributed by atoms with Crippen molar-refractivity contribution in [2.75, 3.05) is 11.5 Å². The third-order valence-electron chi connectivity index (χ3n) is 3.77. The summed E-state index contributed by atoms with van der Waals surface area (Å²) in [7, 11) is 0. The molecule has 2 heteroatoms. The summed E-state index contributed by atoms with van der Waals surface area (Å²) in [5.74, 6) is 2.09. The number of rotatable bonds is 2. The fourth-order valence-corrected chi connectivity index (χ4v) is 3.58. The molecule has 1 aliphatic heterocycles. The van der Waals surface area contributed by atoms with Gasteiger partial charge in [-0.2, -0.15) is 11.8 Å². The monoisotopic (exact) mass is 284 g/mol. The minimum absolute atomic E-state index is 0.209. The lowest BCUT2D eigenvalue weighted by molar-refractivity contribution is 0.00512. The van der Waals surface area contributed by atoms with Crippen molar-refractivity contribution in [2.45, 2.75) is 26.1 Å². The molecule has 1 aliphatic rings. The minimum atomic E-state index is 0.209. The van der Waals surface area contributed by atoms with Gasteiger partial charge in [0, 0.05) is 11.5 Å². The van der Waals surface area contributed by atoms with Gasteiger partial charge in [0.15, 0.2) is 0 Å². The van der Waals surface area contributed by atoms with Crippen LogP contribution in [0.5, 0.6) is 0 Å². The molecule has 0 amide bonds. The second kappa shape index (κ2) is 6.02. The first-order valence-electron chi connectivity index (χ1n) is 7.09. The van der Waals surface area contributed by atoms with Gasteiger partial charge in [0.05, 0.1) is 12.2 Å². The fourth-order valence-electron chi connectivity index (χ4n) is 2.47. The normalized spacial score (nSPS) is 22.7. The van der Waals surface area contributed by atoms with E-state index in [0.29, 0.717) is 0 Å². The third kappa shape index (κ3) is 3.08. The van der Waals surface area contributed by atoms with Gasteiger partial charge in [-0.05, 0) is 25.0 Å². The van der Waals surface area contributed by atoms with E-state index in [0.717, 1.165) is 11.5 Å². The highest BCUT2D eigenvalue weighted by Crippen LogP contribution is 2.37. The average molecular weight is 284 g/mol. The lowest BCUT2D eigenvalue weighted by atomic mass is 10.1. The van der Waals surface area contributed by atoms with Crippen molar-refractivity contribution in [2.24, 2.45) is 0 Å². The number of aryl methyl sites for hydroxylation is 2. The van der Waals surface area contributed by atoms with Crippen LogP contribution in [0.25, 0.3) is 0 Å². The van der Waals surface area contributed by atoms with Crippen LogP contribution in [0.15, 0.2) is 48.5 Å². The van der Waals surface area contributed by atoms with Crippen LogP contribution in [-0.4, -0.2) is 11.5 Å². The molecule has 0 saturated carbocycles. The molecule has 2 aromatic rings. The second-order valence-electron chi connectivity index (χ2n) is 5.47. The van der Waals surface area contributed by atoms with E-state index in [1.54, 1.807) is 0 Å². The molecule has 2 atom stereocenters. The van der Waals surface area contributed by atoms with Crippen molar-refractivity contribution in [1.82, 2.24) is 0 Å². The lowest BCUT2D eigenvalue weighted by Gasteiger charge is -2.30. The highest BCUT2D eigenvalue weighted by atomic mass is 32.2. The predicted octanol–water partition coefficient (Wildman–Crippen LogP) is 4.85. The van der Waals surface area contributed by atoms with Crippen LogP contribution in [0.2, 0.25) is 0 Å². The van der Waals surface area contributed by atoms with E-state index < -0.39 is 0 Å². The summed E-state index contributed by atoms with van der Waals surface area (Å²) in [5, 5.41) is 0. The van der Waals surface area contributed by atoms with Gasteiger partial charge in [-0.15, -0.1) is 0 Å². The molecule has 3 rings (SSSR count). The van der Waals surface area contributed by atoms with E-state index in [1.165, 1.54) is 22.3 Å². The highest BCUT2D eigenvalue weighted by molar-refractivity contribution is 7.99. The maximum absolute atomic E-state index is 6.32. The molecule has 1 saturated heterocycles. The van der Waals surface area contributed by atoms with Crippen LogP contribution in [0, 0.1) is 13.8 Å². The summed E-state index contributed by atoms with van der Waals surface area (Å²) in [6.45, 7) is 4.24. The van der Waals surface area contributed by atoms with Gasteiger partial charge in [0.1, 0.15) is 0 Å². The molecule has 1 heterocycles. The zero-order chi connectivity index (χ0) is 13.9. The summed E-state index contributed by atoms with van der Waals surface area (Å²) in [5.41, 5.74) is 5.18. The summed E-state index contributed by atoms with van der Waals surface area (Å²) in [6.07, 6.45) is 0.418. The van der Waals surface area contributed by atoms with Gasteiger partial charge >= 0.3 is 0 Å². The van der Waals surface area contributed by atoms with Gasteiger partial charge in [-0.25, -0.2) is 0 Å². The number of ether oxygens (including phenoxy) is 1. The molecule has 0 spiro atoms. The maximum atomic E-state index is 6.32. The van der Waals surface area contributed by atoms with Crippen LogP contribution >= 0.6 is 11.8 Å². The van der Waals surface area contributed by atoms with E-state index in [4.69, 9.17) is 4.74 Å². The Balaban J connectivity index is 1.76. The zero-order valence-electron chi connectivity index (χ0n) is 12.0. The van der Waals surface area contributed by atoms with Crippen LogP contribution in [0.1, 0.15) is 34.5 Å². The molecule has 1 fully saturated rings. The maximum Gasteiger partial charge on any atom is 0.0924 e. The number of benzene rings is 2. The average Bonchev–Trinajstić information content (AvgIpc) is 2.49. The van der Waals surface area contributed by atoms with Crippen LogP contribution in [0.3, 0.4) is 0 Å². The molecule has 0 unspecified atom stereocenters. The Bertz CT molecular complexity index is 507. The molecule has 104 valence electrons. The van der Waals surface area contributed by atoms with Crippen molar-refractivity contribution in [1.29, 1.82) is 0 Å². The van der Waals surface area contributed by atoms with E-state index >= 15 is 0 Å². The summed E-state index contributed by atoms with van der Waals surface area (Å²) >= 11 is 1.98. The van der Waals surface area contributed by atoms with Gasteiger partial charge in [0.25, 0.3) is 0 Å². The molecule has 20 heavy (non-hydrogen) atoms. The molecular formula is C18H20OS. The molecule has 0 bridgehead atoms. The SMILES string of the molecule is Cc1ccc([C@@H]2CSC[C@H](c3ccc(C)cc3)O2)cc1. The van der Waals surface area contributed by atoms with Crippen molar-refractivity contribution in [3.05, 3.63) is 70.8 Å². The minimum Gasteiger partial charge on any atom is -0.364 e. The summed E-state index contributed by atoms with van der Waals surface area (Å²) in [6, 6.07) is 17.4. The third-order valence-corrected chi connectivity index (χ3v) is 4.84. The number of thioether (sulfide) groups is 1. The second-order valence-corrected chi connectivity index (χ2v) is 6.55. The number of hydrogen-bond donors (Lipinski definition) is 0. The smallest absolute Gasteiger partial charge is 0.0924 e. The molecule has 2 aromatic carbocycles. The van der Waals surface area contributed by atoms with Crippen LogP contribution < -0.4 is 0 Å². The Hall–Kier alpha value is -1.25. The van der Waals surface area contributed by atoms with Crippen LogP contribution in [-0.2, 0) is 4.74 Å². The summed E-state index contributed by atoms with van der Waals surface area (Å²) < 4.78 is 6.32. The van der Waals surface area contributed by atoms with Gasteiger partial charge in [-0.1, -0.05) is 59.7 Å². The molecule has 0 N–H and O–H groups in total. The van der Waals surface area contributed by atoms with Crippen LogP contribution in [0.4, 0.5) is 0 Å². The lowest BCUT2D eigenvalue weighted by Crippen LogP contribution is -2.20. The Kier molecular flexibility index (Phi) is 4.13. The molecular weight excluding hydrogens is 264 g/mol. The Morgan fingerprint density at radius 1 is 0.750 bits per heavy atom. The van der Waals surface area contributed by atoms with Crippen molar-refractivity contribution < 1.29 is 4.74 Å².